The summed E-state index contributed by atoms with van der Waals surface area (Å²) in [7, 11) is 0. The van der Waals surface area contributed by atoms with E-state index in [4.69, 9.17) is 0 Å². The van der Waals surface area contributed by atoms with E-state index >= 15 is 0 Å². The molecule has 25 heavy (non-hydrogen) atoms. The zero-order valence-corrected chi connectivity index (χ0v) is 14.9. The minimum absolute atomic E-state index is 0.0554. The molecule has 0 unspecified atom stereocenters. The van der Waals surface area contributed by atoms with Crippen LogP contribution in [0.15, 0.2) is 54.6 Å². The second kappa shape index (κ2) is 8.87. The van der Waals surface area contributed by atoms with E-state index in [1.165, 1.54) is 0 Å². The van der Waals surface area contributed by atoms with Gasteiger partial charge in [0, 0.05) is 23.8 Å². The van der Waals surface area contributed by atoms with Crippen molar-refractivity contribution in [1.82, 2.24) is 5.32 Å². The van der Waals surface area contributed by atoms with Gasteiger partial charge in [-0.15, -0.1) is 0 Å². The summed E-state index contributed by atoms with van der Waals surface area (Å²) in [6.45, 7) is 5.82. The van der Waals surface area contributed by atoms with Crippen LogP contribution in [0.5, 0.6) is 0 Å². The van der Waals surface area contributed by atoms with E-state index in [9.17, 15) is 9.59 Å². The van der Waals surface area contributed by atoms with E-state index in [0.29, 0.717) is 17.8 Å². The standard InChI is InChI=1S/C20H25N3O2/c1-14(2)21-20(25)23-18-11-7-10-17(13-18)22-19(24)12-15(3)16-8-5-4-6-9-16/h4-11,13-15H,12H2,1-3H3,(H,22,24)(H2,21,23,25)/t15-/m0/s1. The molecule has 0 bridgehead atoms. The first-order valence-corrected chi connectivity index (χ1v) is 8.46. The van der Waals surface area contributed by atoms with Crippen LogP contribution in [0.25, 0.3) is 0 Å². The Morgan fingerprint density at radius 2 is 1.52 bits per heavy atom. The van der Waals surface area contributed by atoms with Crippen molar-refractivity contribution in [3.8, 4) is 0 Å². The molecule has 2 rings (SSSR count). The third-order valence-corrected chi connectivity index (χ3v) is 3.68. The summed E-state index contributed by atoms with van der Waals surface area (Å²) in [4.78, 5) is 24.0. The Bertz CT molecular complexity index is 714. The number of hydrogen-bond acceptors (Lipinski definition) is 2. The van der Waals surface area contributed by atoms with E-state index in [1.54, 1.807) is 24.3 Å². The molecule has 0 aromatic heterocycles. The van der Waals surface area contributed by atoms with Gasteiger partial charge in [-0.2, -0.15) is 0 Å². The highest BCUT2D eigenvalue weighted by atomic mass is 16.2. The molecule has 132 valence electrons. The van der Waals surface area contributed by atoms with E-state index in [2.05, 4.69) is 16.0 Å². The summed E-state index contributed by atoms with van der Waals surface area (Å²) in [6.07, 6.45) is 0.398. The number of carbonyl (C=O) groups is 2. The van der Waals surface area contributed by atoms with Crippen LogP contribution in [0, 0.1) is 0 Å². The van der Waals surface area contributed by atoms with Gasteiger partial charge in [0.1, 0.15) is 0 Å². The number of rotatable bonds is 6. The molecule has 0 saturated carbocycles. The zero-order valence-electron chi connectivity index (χ0n) is 14.9. The number of hydrogen-bond donors (Lipinski definition) is 3. The van der Waals surface area contributed by atoms with Gasteiger partial charge in [0.25, 0.3) is 0 Å². The van der Waals surface area contributed by atoms with Crippen molar-refractivity contribution in [3.05, 3.63) is 60.2 Å². The fourth-order valence-corrected chi connectivity index (χ4v) is 2.49. The second-order valence-corrected chi connectivity index (χ2v) is 6.40. The van der Waals surface area contributed by atoms with Crippen molar-refractivity contribution < 1.29 is 9.59 Å². The largest absolute Gasteiger partial charge is 0.336 e. The van der Waals surface area contributed by atoms with Gasteiger partial charge < -0.3 is 16.0 Å². The highest BCUT2D eigenvalue weighted by molar-refractivity contribution is 5.93. The van der Waals surface area contributed by atoms with Crippen molar-refractivity contribution in [3.63, 3.8) is 0 Å². The molecular formula is C20H25N3O2. The van der Waals surface area contributed by atoms with E-state index in [0.717, 1.165) is 5.56 Å². The van der Waals surface area contributed by atoms with Crippen LogP contribution in [-0.4, -0.2) is 18.0 Å². The van der Waals surface area contributed by atoms with Gasteiger partial charge in [0.15, 0.2) is 0 Å². The zero-order chi connectivity index (χ0) is 18.2. The van der Waals surface area contributed by atoms with Crippen LogP contribution in [0.3, 0.4) is 0 Å². The Hall–Kier alpha value is -2.82. The van der Waals surface area contributed by atoms with Crippen molar-refractivity contribution in [2.24, 2.45) is 0 Å². The maximum absolute atomic E-state index is 12.3. The lowest BCUT2D eigenvalue weighted by atomic mass is 9.97. The quantitative estimate of drug-likeness (QED) is 0.732. The third kappa shape index (κ3) is 6.30. The summed E-state index contributed by atoms with van der Waals surface area (Å²) >= 11 is 0. The fourth-order valence-electron chi connectivity index (χ4n) is 2.49. The molecule has 2 aromatic carbocycles. The van der Waals surface area contributed by atoms with Gasteiger partial charge in [-0.3, -0.25) is 4.79 Å². The van der Waals surface area contributed by atoms with Gasteiger partial charge in [0.2, 0.25) is 5.91 Å². The highest BCUT2D eigenvalue weighted by Gasteiger charge is 2.11. The molecule has 0 aliphatic heterocycles. The van der Waals surface area contributed by atoms with Crippen LogP contribution in [0.4, 0.5) is 16.2 Å². The predicted molar refractivity (Wildman–Crippen MR) is 102 cm³/mol. The Morgan fingerprint density at radius 1 is 0.880 bits per heavy atom. The van der Waals surface area contributed by atoms with E-state index in [1.807, 2.05) is 51.1 Å². The third-order valence-electron chi connectivity index (χ3n) is 3.68. The second-order valence-electron chi connectivity index (χ2n) is 6.40. The lowest BCUT2D eigenvalue weighted by Crippen LogP contribution is -2.34. The lowest BCUT2D eigenvalue weighted by Gasteiger charge is -2.13. The fraction of sp³-hybridized carbons (Fsp3) is 0.300. The molecule has 5 heteroatoms. The van der Waals surface area contributed by atoms with Gasteiger partial charge in [0.05, 0.1) is 0 Å². The smallest absolute Gasteiger partial charge is 0.319 e. The SMILES string of the molecule is CC(C)NC(=O)Nc1cccc(NC(=O)C[C@H](C)c2ccccc2)c1. The van der Waals surface area contributed by atoms with Crippen molar-refractivity contribution in [1.29, 1.82) is 0 Å². The van der Waals surface area contributed by atoms with E-state index in [-0.39, 0.29) is 23.9 Å². The first-order chi connectivity index (χ1) is 11.9. The topological polar surface area (TPSA) is 70.2 Å². The van der Waals surface area contributed by atoms with Crippen molar-refractivity contribution >= 4 is 23.3 Å². The monoisotopic (exact) mass is 339 g/mol. The molecule has 0 spiro atoms. The normalized spacial score (nSPS) is 11.7. The molecule has 5 nitrogen and oxygen atoms in total. The molecule has 1 atom stereocenters. The van der Waals surface area contributed by atoms with Crippen molar-refractivity contribution in [2.75, 3.05) is 10.6 Å². The number of carbonyl (C=O) groups excluding carboxylic acids is 2. The van der Waals surface area contributed by atoms with Crippen molar-refractivity contribution in [2.45, 2.75) is 39.2 Å². The van der Waals surface area contributed by atoms with Crippen LogP contribution in [0.2, 0.25) is 0 Å². The summed E-state index contributed by atoms with van der Waals surface area (Å²) in [6, 6.07) is 16.9. The number of urea groups is 1. The molecule has 0 fully saturated rings. The molecule has 2 aromatic rings. The number of amides is 3. The van der Waals surface area contributed by atoms with Gasteiger partial charge in [-0.25, -0.2) is 4.79 Å². The molecular weight excluding hydrogens is 314 g/mol. The molecule has 3 amide bonds. The van der Waals surface area contributed by atoms with Gasteiger partial charge in [-0.05, 0) is 43.5 Å². The molecule has 0 heterocycles. The average Bonchev–Trinajstić information content (AvgIpc) is 2.55. The molecule has 0 aliphatic carbocycles. The minimum atomic E-state index is -0.267. The Kier molecular flexibility index (Phi) is 6.57. The first kappa shape index (κ1) is 18.5. The summed E-state index contributed by atoms with van der Waals surface area (Å²) in [5.41, 5.74) is 2.43. The average molecular weight is 339 g/mol. The Balaban J connectivity index is 1.92. The molecule has 0 aliphatic rings. The first-order valence-electron chi connectivity index (χ1n) is 8.46. The molecule has 0 radical (unpaired) electrons. The number of benzene rings is 2. The number of nitrogens with one attached hydrogen (secondary N) is 3. The van der Waals surface area contributed by atoms with E-state index < -0.39 is 0 Å². The molecule has 3 N–H and O–H groups in total. The van der Waals surface area contributed by atoms with Crippen LogP contribution >= 0.6 is 0 Å². The maximum Gasteiger partial charge on any atom is 0.319 e. The maximum atomic E-state index is 12.3. The lowest BCUT2D eigenvalue weighted by molar-refractivity contribution is -0.116. The Labute approximate surface area is 148 Å². The predicted octanol–water partition coefficient (Wildman–Crippen LogP) is 4.35. The van der Waals surface area contributed by atoms with Gasteiger partial charge in [-0.1, -0.05) is 43.3 Å². The van der Waals surface area contributed by atoms with Crippen LogP contribution in [0.1, 0.15) is 38.7 Å². The van der Waals surface area contributed by atoms with Crippen LogP contribution in [-0.2, 0) is 4.79 Å². The highest BCUT2D eigenvalue weighted by Crippen LogP contribution is 2.20. The minimum Gasteiger partial charge on any atom is -0.336 e. The number of anilines is 2. The molecule has 0 saturated heterocycles. The Morgan fingerprint density at radius 3 is 2.16 bits per heavy atom. The van der Waals surface area contributed by atoms with Gasteiger partial charge >= 0.3 is 6.03 Å². The summed E-state index contributed by atoms with van der Waals surface area (Å²) in [5, 5.41) is 8.40. The summed E-state index contributed by atoms with van der Waals surface area (Å²) in [5.74, 6) is 0.0828. The summed E-state index contributed by atoms with van der Waals surface area (Å²) < 4.78 is 0. The van der Waals surface area contributed by atoms with Crippen LogP contribution < -0.4 is 16.0 Å².